The summed E-state index contributed by atoms with van der Waals surface area (Å²) >= 11 is 0. The number of nitrogens with zero attached hydrogens (tertiary/aromatic N) is 1. The molecule has 0 aliphatic rings. The van der Waals surface area contributed by atoms with Crippen LogP contribution >= 0.6 is 0 Å². The maximum absolute atomic E-state index is 11.3. The first-order valence-corrected chi connectivity index (χ1v) is 6.64. The van der Waals surface area contributed by atoms with Gasteiger partial charge in [-0.3, -0.25) is 10.1 Å². The Morgan fingerprint density at radius 2 is 1.91 bits per heavy atom. The molecule has 1 atom stereocenters. The summed E-state index contributed by atoms with van der Waals surface area (Å²) in [5.41, 5.74) is 0.251. The molecule has 0 aliphatic carbocycles. The van der Waals surface area contributed by atoms with Crippen LogP contribution in [0.1, 0.15) is 12.5 Å². The lowest BCUT2D eigenvalue weighted by molar-refractivity contribution is -0.385. The number of nitro groups is 1. The normalized spacial score (nSPS) is 11.9. The van der Waals surface area contributed by atoms with Crippen LogP contribution < -0.4 is 14.2 Å². The van der Waals surface area contributed by atoms with Gasteiger partial charge in [0.05, 0.1) is 25.2 Å². The lowest BCUT2D eigenvalue weighted by Gasteiger charge is -2.19. The third-order valence-corrected chi connectivity index (χ3v) is 3.07. The third-order valence-electron chi connectivity index (χ3n) is 3.07. The van der Waals surface area contributed by atoms with Crippen LogP contribution in [0, 0.1) is 16.0 Å². The van der Waals surface area contributed by atoms with E-state index in [4.69, 9.17) is 18.9 Å². The zero-order valence-corrected chi connectivity index (χ0v) is 13.1. The predicted octanol–water partition coefficient (Wildman–Crippen LogP) is 1.77. The number of ether oxygens (including phenoxy) is 4. The topological polar surface area (TPSA) is 100 Å². The van der Waals surface area contributed by atoms with Crippen LogP contribution in [0.25, 0.3) is 0 Å². The van der Waals surface area contributed by atoms with E-state index in [0.717, 1.165) is 0 Å². The molecule has 0 amide bonds. The molecule has 0 aromatic heterocycles. The van der Waals surface area contributed by atoms with Crippen molar-refractivity contribution in [2.24, 2.45) is 5.92 Å². The summed E-state index contributed by atoms with van der Waals surface area (Å²) in [5.74, 6) is 0.504. The van der Waals surface area contributed by atoms with Gasteiger partial charge < -0.3 is 24.1 Å². The fourth-order valence-corrected chi connectivity index (χ4v) is 2.08. The van der Waals surface area contributed by atoms with Crippen molar-refractivity contribution < 1.29 is 29.0 Å². The standard InChI is InChI=1S/C14H21NO7/c1-9(7-16)5-10-13(20-3)11(15(17)18)6-12(14(10)21-4)22-8-19-2/h6,9,16H,5,7-8H2,1-4H3/t9-/m1/s1. The Kier molecular flexibility index (Phi) is 6.87. The van der Waals surface area contributed by atoms with Crippen LogP contribution in [0.15, 0.2) is 6.07 Å². The van der Waals surface area contributed by atoms with Gasteiger partial charge in [-0.05, 0) is 12.3 Å². The highest BCUT2D eigenvalue weighted by atomic mass is 16.7. The van der Waals surface area contributed by atoms with Crippen molar-refractivity contribution in [1.82, 2.24) is 0 Å². The smallest absolute Gasteiger partial charge is 0.315 e. The molecule has 0 spiro atoms. The van der Waals surface area contributed by atoms with E-state index in [1.165, 1.54) is 27.4 Å². The van der Waals surface area contributed by atoms with Crippen molar-refractivity contribution in [1.29, 1.82) is 0 Å². The van der Waals surface area contributed by atoms with Crippen LogP contribution in [0.3, 0.4) is 0 Å². The number of rotatable bonds is 9. The first kappa shape index (κ1) is 18.0. The summed E-state index contributed by atoms with van der Waals surface area (Å²) in [5, 5.41) is 20.5. The highest BCUT2D eigenvalue weighted by Gasteiger charge is 2.28. The van der Waals surface area contributed by atoms with Gasteiger partial charge in [-0.2, -0.15) is 0 Å². The lowest BCUT2D eigenvalue weighted by atomic mass is 9.98. The summed E-state index contributed by atoms with van der Waals surface area (Å²) in [6, 6.07) is 1.24. The van der Waals surface area contributed by atoms with E-state index in [1.807, 2.05) is 6.92 Å². The Morgan fingerprint density at radius 1 is 1.27 bits per heavy atom. The summed E-state index contributed by atoms with van der Waals surface area (Å²) < 4.78 is 20.7. The van der Waals surface area contributed by atoms with E-state index >= 15 is 0 Å². The quantitative estimate of drug-likeness (QED) is 0.421. The Bertz CT molecular complexity index is 518. The fraction of sp³-hybridized carbons (Fsp3) is 0.571. The molecular formula is C14H21NO7. The zero-order valence-electron chi connectivity index (χ0n) is 13.1. The summed E-state index contributed by atoms with van der Waals surface area (Å²) in [7, 11) is 4.23. The van der Waals surface area contributed by atoms with Crippen molar-refractivity contribution in [3.8, 4) is 17.2 Å². The van der Waals surface area contributed by atoms with E-state index in [9.17, 15) is 15.2 Å². The van der Waals surface area contributed by atoms with Crippen LogP contribution in [-0.2, 0) is 11.2 Å². The number of aliphatic hydroxyl groups excluding tert-OH is 1. The molecule has 0 unspecified atom stereocenters. The maximum Gasteiger partial charge on any atom is 0.315 e. The van der Waals surface area contributed by atoms with E-state index in [0.29, 0.717) is 17.7 Å². The minimum atomic E-state index is -0.551. The highest BCUT2D eigenvalue weighted by Crippen LogP contribution is 2.45. The van der Waals surface area contributed by atoms with Crippen LogP contribution in [0.4, 0.5) is 5.69 Å². The van der Waals surface area contributed by atoms with E-state index in [2.05, 4.69) is 0 Å². The molecule has 124 valence electrons. The lowest BCUT2D eigenvalue weighted by Crippen LogP contribution is -2.10. The molecule has 0 saturated heterocycles. The molecule has 1 rings (SSSR count). The molecule has 1 N–H and O–H groups in total. The molecule has 0 fully saturated rings. The summed E-state index contributed by atoms with van der Waals surface area (Å²) in [6.07, 6.45) is 0.341. The monoisotopic (exact) mass is 315 g/mol. The second-order valence-electron chi connectivity index (χ2n) is 4.74. The van der Waals surface area contributed by atoms with Crippen molar-refractivity contribution in [3.05, 3.63) is 21.7 Å². The van der Waals surface area contributed by atoms with E-state index in [1.54, 1.807) is 0 Å². The van der Waals surface area contributed by atoms with Crippen LogP contribution in [0.2, 0.25) is 0 Å². The second-order valence-corrected chi connectivity index (χ2v) is 4.74. The van der Waals surface area contributed by atoms with E-state index < -0.39 is 4.92 Å². The average molecular weight is 315 g/mol. The summed E-state index contributed by atoms with van der Waals surface area (Å²) in [4.78, 5) is 10.7. The van der Waals surface area contributed by atoms with Gasteiger partial charge >= 0.3 is 5.69 Å². The minimum Gasteiger partial charge on any atom is -0.492 e. The van der Waals surface area contributed by atoms with Crippen molar-refractivity contribution >= 4 is 5.69 Å². The minimum absolute atomic E-state index is 0.0662. The zero-order chi connectivity index (χ0) is 16.7. The molecule has 8 heteroatoms. The molecule has 8 nitrogen and oxygen atoms in total. The number of hydrogen-bond donors (Lipinski definition) is 1. The SMILES string of the molecule is COCOc1cc([N+](=O)[O-])c(OC)c(C[C@@H](C)CO)c1OC. The molecule has 0 bridgehead atoms. The highest BCUT2D eigenvalue weighted by molar-refractivity contribution is 5.64. The number of hydrogen-bond acceptors (Lipinski definition) is 7. The van der Waals surface area contributed by atoms with Gasteiger partial charge in [0.15, 0.2) is 18.3 Å². The molecule has 0 radical (unpaired) electrons. The van der Waals surface area contributed by atoms with Gasteiger partial charge in [-0.1, -0.05) is 6.92 Å². The maximum atomic E-state index is 11.3. The van der Waals surface area contributed by atoms with Gasteiger partial charge in [0, 0.05) is 19.3 Å². The first-order chi connectivity index (χ1) is 10.5. The molecule has 0 heterocycles. The van der Waals surface area contributed by atoms with Gasteiger partial charge in [0.2, 0.25) is 5.75 Å². The Morgan fingerprint density at radius 3 is 2.36 bits per heavy atom. The van der Waals surface area contributed by atoms with E-state index in [-0.39, 0.29) is 36.5 Å². The average Bonchev–Trinajstić information content (AvgIpc) is 2.51. The number of aliphatic hydroxyl groups is 1. The van der Waals surface area contributed by atoms with Crippen LogP contribution in [-0.4, -0.2) is 44.8 Å². The van der Waals surface area contributed by atoms with Crippen LogP contribution in [0.5, 0.6) is 17.2 Å². The van der Waals surface area contributed by atoms with Crippen molar-refractivity contribution in [2.45, 2.75) is 13.3 Å². The number of methoxy groups -OCH3 is 3. The predicted molar refractivity (Wildman–Crippen MR) is 78.7 cm³/mol. The van der Waals surface area contributed by atoms with Crippen molar-refractivity contribution in [2.75, 3.05) is 34.7 Å². The Labute approximate surface area is 128 Å². The molecule has 1 aromatic carbocycles. The first-order valence-electron chi connectivity index (χ1n) is 6.64. The molecule has 1 aromatic rings. The number of benzene rings is 1. The van der Waals surface area contributed by atoms with Gasteiger partial charge in [0.25, 0.3) is 0 Å². The number of nitro benzene ring substituents is 1. The van der Waals surface area contributed by atoms with Crippen molar-refractivity contribution in [3.63, 3.8) is 0 Å². The second kappa shape index (κ2) is 8.40. The fourth-order valence-electron chi connectivity index (χ4n) is 2.08. The Balaban J connectivity index is 3.50. The molecular weight excluding hydrogens is 294 g/mol. The van der Waals surface area contributed by atoms with Gasteiger partial charge in [-0.25, -0.2) is 0 Å². The molecule has 0 aliphatic heterocycles. The summed E-state index contributed by atoms with van der Waals surface area (Å²) in [6.45, 7) is 1.67. The third kappa shape index (κ3) is 3.99. The molecule has 0 saturated carbocycles. The molecule has 22 heavy (non-hydrogen) atoms. The largest absolute Gasteiger partial charge is 0.492 e. The van der Waals surface area contributed by atoms with Gasteiger partial charge in [-0.15, -0.1) is 0 Å². The van der Waals surface area contributed by atoms with Gasteiger partial charge in [0.1, 0.15) is 0 Å². The Hall–Kier alpha value is -2.06.